The zero-order valence-electron chi connectivity index (χ0n) is 13.2. The van der Waals surface area contributed by atoms with Crippen LogP contribution in [0, 0.1) is 11.2 Å². The molecule has 0 fully saturated rings. The Balaban J connectivity index is 2.53. The van der Waals surface area contributed by atoms with Crippen molar-refractivity contribution < 1.29 is 14.3 Å². The number of carboxylic acids is 1. The van der Waals surface area contributed by atoms with Crippen molar-refractivity contribution in [3.63, 3.8) is 0 Å². The van der Waals surface area contributed by atoms with Gasteiger partial charge in [-0.15, -0.1) is 0 Å². The summed E-state index contributed by atoms with van der Waals surface area (Å²) in [4.78, 5) is 15.7. The monoisotopic (exact) mass is 336 g/mol. The summed E-state index contributed by atoms with van der Waals surface area (Å²) in [5.74, 6) is -1.43. The van der Waals surface area contributed by atoms with Crippen molar-refractivity contribution in [2.75, 3.05) is 11.9 Å². The summed E-state index contributed by atoms with van der Waals surface area (Å²) in [5, 5.41) is 12.4. The van der Waals surface area contributed by atoms with E-state index in [1.54, 1.807) is 18.2 Å². The summed E-state index contributed by atoms with van der Waals surface area (Å²) in [6.07, 6.45) is 0. The molecule has 1 heterocycles. The Kier molecular flexibility index (Phi) is 4.90. The van der Waals surface area contributed by atoms with Crippen molar-refractivity contribution in [2.45, 2.75) is 20.8 Å². The molecule has 0 aliphatic rings. The minimum atomic E-state index is -1.14. The molecule has 1 aromatic carbocycles. The third kappa shape index (κ3) is 4.20. The number of nitrogens with one attached hydrogen (secondary N) is 1. The molecule has 2 N–H and O–H groups in total. The number of pyridine rings is 1. The zero-order valence-corrected chi connectivity index (χ0v) is 13.9. The number of hydrogen-bond donors (Lipinski definition) is 2. The highest BCUT2D eigenvalue weighted by Gasteiger charge is 2.20. The normalized spacial score (nSPS) is 11.3. The van der Waals surface area contributed by atoms with E-state index < -0.39 is 11.8 Å². The quantitative estimate of drug-likeness (QED) is 0.849. The maximum absolute atomic E-state index is 14.0. The van der Waals surface area contributed by atoms with Crippen molar-refractivity contribution in [1.29, 1.82) is 0 Å². The Morgan fingerprint density at radius 1 is 1.35 bits per heavy atom. The predicted octanol–water partition coefficient (Wildman–Crippen LogP) is 4.70. The topological polar surface area (TPSA) is 62.2 Å². The van der Waals surface area contributed by atoms with Gasteiger partial charge in [0.2, 0.25) is 0 Å². The first-order chi connectivity index (χ1) is 10.7. The number of halogens is 2. The number of rotatable bonds is 4. The first-order valence-corrected chi connectivity index (χ1v) is 7.49. The van der Waals surface area contributed by atoms with E-state index in [9.17, 15) is 14.3 Å². The molecule has 0 spiro atoms. The molecule has 0 amide bonds. The van der Waals surface area contributed by atoms with Gasteiger partial charge in [-0.3, -0.25) is 0 Å². The van der Waals surface area contributed by atoms with Gasteiger partial charge in [0.15, 0.2) is 0 Å². The molecule has 122 valence electrons. The number of carbonyl (C=O) groups is 1. The molecule has 4 nitrogen and oxygen atoms in total. The van der Waals surface area contributed by atoms with Crippen molar-refractivity contribution in [2.24, 2.45) is 5.41 Å². The third-order valence-corrected chi connectivity index (χ3v) is 3.41. The smallest absolute Gasteiger partial charge is 0.339 e. The van der Waals surface area contributed by atoms with Crippen molar-refractivity contribution in [1.82, 2.24) is 4.98 Å². The van der Waals surface area contributed by atoms with Crippen LogP contribution in [0.15, 0.2) is 30.3 Å². The van der Waals surface area contributed by atoms with Crippen LogP contribution in [-0.4, -0.2) is 22.6 Å². The minimum Gasteiger partial charge on any atom is -0.478 e. The van der Waals surface area contributed by atoms with Crippen molar-refractivity contribution in [3.05, 3.63) is 46.7 Å². The summed E-state index contributed by atoms with van der Waals surface area (Å²) in [7, 11) is 0. The second-order valence-corrected chi connectivity index (χ2v) is 6.82. The lowest BCUT2D eigenvalue weighted by molar-refractivity contribution is 0.0697. The molecule has 23 heavy (non-hydrogen) atoms. The lowest BCUT2D eigenvalue weighted by Crippen LogP contribution is -2.21. The Bertz CT molecular complexity index is 742. The van der Waals surface area contributed by atoms with Gasteiger partial charge >= 0.3 is 5.97 Å². The zero-order chi connectivity index (χ0) is 17.2. The van der Waals surface area contributed by atoms with E-state index in [4.69, 9.17) is 11.6 Å². The number of hydrogen-bond acceptors (Lipinski definition) is 3. The van der Waals surface area contributed by atoms with Gasteiger partial charge in [-0.05, 0) is 23.6 Å². The number of aromatic nitrogens is 1. The SMILES string of the molecule is CC(C)(C)CNc1nc(-c2ccccc2F)c(Cl)cc1C(=O)O. The fourth-order valence-corrected chi connectivity index (χ4v) is 2.23. The maximum Gasteiger partial charge on any atom is 0.339 e. The van der Waals surface area contributed by atoms with Crippen LogP contribution in [0.3, 0.4) is 0 Å². The lowest BCUT2D eigenvalue weighted by Gasteiger charge is -2.20. The Morgan fingerprint density at radius 2 is 2.00 bits per heavy atom. The first-order valence-electron chi connectivity index (χ1n) is 7.11. The van der Waals surface area contributed by atoms with Crippen LogP contribution >= 0.6 is 11.6 Å². The van der Waals surface area contributed by atoms with Crippen molar-refractivity contribution >= 4 is 23.4 Å². The number of aromatic carboxylic acids is 1. The van der Waals surface area contributed by atoms with Gasteiger partial charge in [0, 0.05) is 12.1 Å². The largest absolute Gasteiger partial charge is 0.478 e. The van der Waals surface area contributed by atoms with E-state index in [0.29, 0.717) is 6.54 Å². The minimum absolute atomic E-state index is 0.0423. The number of carboxylic acid groups (broad SMARTS) is 1. The Morgan fingerprint density at radius 3 is 2.57 bits per heavy atom. The Hall–Kier alpha value is -2.14. The number of nitrogens with zero attached hydrogens (tertiary/aromatic N) is 1. The van der Waals surface area contributed by atoms with E-state index in [1.807, 2.05) is 20.8 Å². The average molecular weight is 337 g/mol. The summed E-state index contributed by atoms with van der Waals surface area (Å²) in [5.41, 5.74) is 0.327. The molecule has 0 saturated heterocycles. The van der Waals surface area contributed by atoms with Crippen molar-refractivity contribution in [3.8, 4) is 11.3 Å². The second-order valence-electron chi connectivity index (χ2n) is 6.41. The van der Waals surface area contributed by atoms with E-state index in [-0.39, 0.29) is 33.1 Å². The van der Waals surface area contributed by atoms with Gasteiger partial charge in [-0.25, -0.2) is 14.2 Å². The molecule has 2 rings (SSSR count). The molecular weight excluding hydrogens is 319 g/mol. The van der Waals surface area contributed by atoms with Gasteiger partial charge in [0.1, 0.15) is 17.2 Å². The van der Waals surface area contributed by atoms with Gasteiger partial charge < -0.3 is 10.4 Å². The fraction of sp³-hybridized carbons (Fsp3) is 0.294. The van der Waals surface area contributed by atoms with E-state index in [2.05, 4.69) is 10.3 Å². The molecule has 0 aliphatic carbocycles. The highest BCUT2D eigenvalue weighted by atomic mass is 35.5. The molecule has 0 atom stereocenters. The molecule has 2 aromatic rings. The van der Waals surface area contributed by atoms with E-state index in [1.165, 1.54) is 12.1 Å². The fourth-order valence-electron chi connectivity index (χ4n) is 1.98. The third-order valence-electron chi connectivity index (χ3n) is 3.12. The van der Waals surface area contributed by atoms with Crippen LogP contribution in [0.2, 0.25) is 5.02 Å². The molecule has 1 aromatic heterocycles. The van der Waals surface area contributed by atoms with Crippen LogP contribution in [-0.2, 0) is 0 Å². The van der Waals surface area contributed by atoms with Gasteiger partial charge in [-0.2, -0.15) is 0 Å². The lowest BCUT2D eigenvalue weighted by atomic mass is 9.97. The molecule has 6 heteroatoms. The molecule has 0 saturated carbocycles. The summed E-state index contributed by atoms with van der Waals surface area (Å²) in [6.45, 7) is 6.54. The Labute approximate surface area is 139 Å². The molecule has 0 aliphatic heterocycles. The standard InChI is InChI=1S/C17H18ClFN2O2/c1-17(2,3)9-20-15-11(16(22)23)8-12(18)14(21-15)10-6-4-5-7-13(10)19/h4-8H,9H2,1-3H3,(H,20,21)(H,22,23). The van der Waals surface area contributed by atoms with Crippen LogP contribution < -0.4 is 5.32 Å². The highest BCUT2D eigenvalue weighted by Crippen LogP contribution is 2.32. The van der Waals surface area contributed by atoms with Gasteiger partial charge in [0.05, 0.1) is 10.7 Å². The predicted molar refractivity (Wildman–Crippen MR) is 89.5 cm³/mol. The van der Waals surface area contributed by atoms with E-state index >= 15 is 0 Å². The summed E-state index contributed by atoms with van der Waals surface area (Å²) < 4.78 is 14.0. The number of benzene rings is 1. The summed E-state index contributed by atoms with van der Waals surface area (Å²) in [6, 6.07) is 7.39. The molecule has 0 unspecified atom stereocenters. The average Bonchev–Trinajstić information content (AvgIpc) is 2.45. The molecular formula is C17H18ClFN2O2. The van der Waals surface area contributed by atoms with Crippen LogP contribution in [0.1, 0.15) is 31.1 Å². The number of anilines is 1. The molecule has 0 radical (unpaired) electrons. The maximum atomic E-state index is 14.0. The highest BCUT2D eigenvalue weighted by molar-refractivity contribution is 6.33. The van der Waals surface area contributed by atoms with E-state index in [0.717, 1.165) is 0 Å². The second kappa shape index (κ2) is 6.54. The summed E-state index contributed by atoms with van der Waals surface area (Å²) >= 11 is 6.12. The van der Waals surface area contributed by atoms with Gasteiger partial charge in [-0.1, -0.05) is 44.5 Å². The van der Waals surface area contributed by atoms with Crippen LogP contribution in [0.25, 0.3) is 11.3 Å². The molecule has 0 bridgehead atoms. The first kappa shape index (κ1) is 17.2. The van der Waals surface area contributed by atoms with Crippen LogP contribution in [0.5, 0.6) is 0 Å². The van der Waals surface area contributed by atoms with Gasteiger partial charge in [0.25, 0.3) is 0 Å². The van der Waals surface area contributed by atoms with Crippen LogP contribution in [0.4, 0.5) is 10.2 Å².